The summed E-state index contributed by atoms with van der Waals surface area (Å²) in [5.41, 5.74) is 0.512. The molecule has 1 aromatic carbocycles. The molecule has 2 rings (SSSR count). The zero-order chi connectivity index (χ0) is 14.8. The molecule has 104 valence electrons. The van der Waals surface area contributed by atoms with Crippen molar-refractivity contribution in [2.45, 2.75) is 4.90 Å². The van der Waals surface area contributed by atoms with Crippen LogP contribution in [0.15, 0.2) is 53.7 Å². The van der Waals surface area contributed by atoms with E-state index in [1.807, 2.05) is 0 Å². The summed E-state index contributed by atoms with van der Waals surface area (Å²) in [6.45, 7) is 0. The molecule has 1 N–H and O–H groups in total. The molecule has 0 aliphatic carbocycles. The van der Waals surface area contributed by atoms with Crippen LogP contribution in [0, 0.1) is 0 Å². The molecular weight excluding hydrogens is 280 g/mol. The van der Waals surface area contributed by atoms with E-state index in [2.05, 4.69) is 4.98 Å². The first-order valence-corrected chi connectivity index (χ1v) is 7.09. The molecule has 20 heavy (non-hydrogen) atoms. The summed E-state index contributed by atoms with van der Waals surface area (Å²) in [7, 11) is -2.30. The predicted octanol–water partition coefficient (Wildman–Crippen LogP) is 1.60. The monoisotopic (exact) mass is 292 g/mol. The van der Waals surface area contributed by atoms with Crippen molar-refractivity contribution in [1.82, 2.24) is 4.98 Å². The van der Waals surface area contributed by atoms with E-state index in [1.165, 1.54) is 43.7 Å². The van der Waals surface area contributed by atoms with Crippen LogP contribution in [0.3, 0.4) is 0 Å². The van der Waals surface area contributed by atoms with Crippen molar-refractivity contribution in [2.75, 3.05) is 11.4 Å². The van der Waals surface area contributed by atoms with Gasteiger partial charge in [-0.25, -0.2) is 13.2 Å². The number of aromatic nitrogens is 1. The number of carboxylic acid groups (broad SMARTS) is 1. The summed E-state index contributed by atoms with van der Waals surface area (Å²) >= 11 is 0. The highest BCUT2D eigenvalue weighted by atomic mass is 32.2. The summed E-state index contributed by atoms with van der Waals surface area (Å²) in [4.78, 5) is 14.6. The van der Waals surface area contributed by atoms with Gasteiger partial charge in [0.25, 0.3) is 10.0 Å². The van der Waals surface area contributed by atoms with Gasteiger partial charge in [0.05, 0.1) is 16.1 Å². The summed E-state index contributed by atoms with van der Waals surface area (Å²) in [5.74, 6) is -1.10. The zero-order valence-corrected chi connectivity index (χ0v) is 11.4. The van der Waals surface area contributed by atoms with Crippen LogP contribution in [0.4, 0.5) is 5.69 Å². The van der Waals surface area contributed by atoms with Gasteiger partial charge >= 0.3 is 5.97 Å². The second-order valence-electron chi connectivity index (χ2n) is 4.01. The Kier molecular flexibility index (Phi) is 3.71. The third-order valence-corrected chi connectivity index (χ3v) is 4.59. The van der Waals surface area contributed by atoms with Gasteiger partial charge in [-0.05, 0) is 36.4 Å². The van der Waals surface area contributed by atoms with E-state index < -0.39 is 16.0 Å². The number of aromatic carboxylic acids is 1. The molecule has 2 aromatic rings. The Morgan fingerprint density at radius 1 is 1.10 bits per heavy atom. The van der Waals surface area contributed by atoms with Crippen LogP contribution in [-0.4, -0.2) is 31.5 Å². The average molecular weight is 292 g/mol. The molecule has 0 radical (unpaired) electrons. The molecule has 0 amide bonds. The first-order valence-electron chi connectivity index (χ1n) is 5.65. The maximum Gasteiger partial charge on any atom is 0.335 e. The number of pyridine rings is 1. The van der Waals surface area contributed by atoms with Crippen LogP contribution in [-0.2, 0) is 10.0 Å². The maximum absolute atomic E-state index is 12.4. The molecule has 0 aliphatic heterocycles. The first kappa shape index (κ1) is 14.0. The minimum atomic E-state index is -3.72. The largest absolute Gasteiger partial charge is 0.478 e. The Bertz CT molecular complexity index is 712. The van der Waals surface area contributed by atoms with Crippen molar-refractivity contribution in [3.63, 3.8) is 0 Å². The van der Waals surface area contributed by atoms with E-state index in [4.69, 9.17) is 5.11 Å². The Morgan fingerprint density at radius 2 is 1.65 bits per heavy atom. The van der Waals surface area contributed by atoms with Gasteiger partial charge in [0, 0.05) is 19.4 Å². The molecule has 7 heteroatoms. The third-order valence-electron chi connectivity index (χ3n) is 2.79. The highest BCUT2D eigenvalue weighted by Crippen LogP contribution is 2.21. The molecule has 0 bridgehead atoms. The summed E-state index contributed by atoms with van der Waals surface area (Å²) in [6.07, 6.45) is 2.99. The van der Waals surface area contributed by atoms with Crippen molar-refractivity contribution in [2.24, 2.45) is 0 Å². The molecule has 6 nitrogen and oxygen atoms in total. The molecule has 0 atom stereocenters. The van der Waals surface area contributed by atoms with Gasteiger partial charge in [0.2, 0.25) is 0 Å². The second-order valence-corrected chi connectivity index (χ2v) is 5.98. The van der Waals surface area contributed by atoms with Crippen LogP contribution in [0.1, 0.15) is 10.4 Å². The van der Waals surface area contributed by atoms with Gasteiger partial charge in [-0.1, -0.05) is 0 Å². The Hall–Kier alpha value is -2.41. The van der Waals surface area contributed by atoms with E-state index in [-0.39, 0.29) is 10.5 Å². The summed E-state index contributed by atoms with van der Waals surface area (Å²) in [6, 6.07) is 8.21. The molecule has 0 fully saturated rings. The Morgan fingerprint density at radius 3 is 2.15 bits per heavy atom. The van der Waals surface area contributed by atoms with Gasteiger partial charge in [0.1, 0.15) is 0 Å². The minimum absolute atomic E-state index is 0.0295. The van der Waals surface area contributed by atoms with Gasteiger partial charge in [-0.2, -0.15) is 0 Å². The van der Waals surface area contributed by atoms with Gasteiger partial charge in [0.15, 0.2) is 0 Å². The van der Waals surface area contributed by atoms with Crippen LogP contribution in [0.2, 0.25) is 0 Å². The molecule has 0 saturated carbocycles. The lowest BCUT2D eigenvalue weighted by Gasteiger charge is -2.19. The number of hydrogen-bond donors (Lipinski definition) is 1. The summed E-state index contributed by atoms with van der Waals surface area (Å²) < 4.78 is 25.9. The van der Waals surface area contributed by atoms with E-state index in [1.54, 1.807) is 12.1 Å². The van der Waals surface area contributed by atoms with E-state index in [0.29, 0.717) is 5.69 Å². The number of rotatable bonds is 4. The minimum Gasteiger partial charge on any atom is -0.478 e. The number of nitrogens with zero attached hydrogens (tertiary/aromatic N) is 2. The van der Waals surface area contributed by atoms with Gasteiger partial charge in [-0.3, -0.25) is 9.29 Å². The van der Waals surface area contributed by atoms with Crippen molar-refractivity contribution >= 4 is 21.7 Å². The first-order chi connectivity index (χ1) is 9.43. The number of hydrogen-bond acceptors (Lipinski definition) is 4. The quantitative estimate of drug-likeness (QED) is 0.925. The lowest BCUT2D eigenvalue weighted by molar-refractivity contribution is 0.0697. The highest BCUT2D eigenvalue weighted by Gasteiger charge is 2.21. The second kappa shape index (κ2) is 5.30. The normalized spacial score (nSPS) is 11.1. The van der Waals surface area contributed by atoms with Gasteiger partial charge in [-0.15, -0.1) is 0 Å². The molecule has 0 unspecified atom stereocenters. The standard InChI is InChI=1S/C13H12N2O4S/c1-15(11-6-8-14-9-7-11)20(18,19)12-4-2-10(3-5-12)13(16)17/h2-9H,1H3,(H,16,17). The van der Waals surface area contributed by atoms with Crippen LogP contribution in [0.25, 0.3) is 0 Å². The maximum atomic E-state index is 12.4. The fraction of sp³-hybridized carbons (Fsp3) is 0.0769. The zero-order valence-electron chi connectivity index (χ0n) is 10.6. The average Bonchev–Trinajstić information content (AvgIpc) is 2.47. The molecule has 1 aromatic heterocycles. The highest BCUT2D eigenvalue weighted by molar-refractivity contribution is 7.92. The number of benzene rings is 1. The van der Waals surface area contributed by atoms with E-state index in [9.17, 15) is 13.2 Å². The van der Waals surface area contributed by atoms with Crippen molar-refractivity contribution in [1.29, 1.82) is 0 Å². The van der Waals surface area contributed by atoms with Crippen molar-refractivity contribution < 1.29 is 18.3 Å². The number of carbonyl (C=O) groups is 1. The Labute approximate surface area is 116 Å². The SMILES string of the molecule is CN(c1ccncc1)S(=O)(=O)c1ccc(C(=O)O)cc1. The van der Waals surface area contributed by atoms with Crippen molar-refractivity contribution in [3.8, 4) is 0 Å². The number of anilines is 1. The topological polar surface area (TPSA) is 87.6 Å². The van der Waals surface area contributed by atoms with Crippen molar-refractivity contribution in [3.05, 3.63) is 54.4 Å². The molecule has 0 saturated heterocycles. The fourth-order valence-electron chi connectivity index (χ4n) is 1.62. The smallest absolute Gasteiger partial charge is 0.335 e. The summed E-state index contributed by atoms with van der Waals surface area (Å²) in [5, 5.41) is 8.80. The number of sulfonamides is 1. The third kappa shape index (κ3) is 2.62. The van der Waals surface area contributed by atoms with E-state index >= 15 is 0 Å². The Balaban J connectivity index is 2.37. The molecule has 1 heterocycles. The van der Waals surface area contributed by atoms with Crippen LogP contribution >= 0.6 is 0 Å². The van der Waals surface area contributed by atoms with Gasteiger partial charge < -0.3 is 5.11 Å². The molecule has 0 aliphatic rings. The lowest BCUT2D eigenvalue weighted by atomic mass is 10.2. The lowest BCUT2D eigenvalue weighted by Crippen LogP contribution is -2.26. The molecular formula is C13H12N2O4S. The van der Waals surface area contributed by atoms with Crippen LogP contribution in [0.5, 0.6) is 0 Å². The predicted molar refractivity (Wildman–Crippen MR) is 73.2 cm³/mol. The fourth-order valence-corrected chi connectivity index (χ4v) is 2.82. The van der Waals surface area contributed by atoms with Crippen LogP contribution < -0.4 is 4.31 Å². The number of carboxylic acids is 1. The molecule has 0 spiro atoms. The van der Waals surface area contributed by atoms with E-state index in [0.717, 1.165) is 4.31 Å².